The number of allylic oxidation sites excluding steroid dienone is 2. The first-order valence-corrected chi connectivity index (χ1v) is 9.95. The van der Waals surface area contributed by atoms with Crippen LogP contribution in [0.1, 0.15) is 19.7 Å². The Morgan fingerprint density at radius 2 is 2.08 bits per heavy atom. The van der Waals surface area contributed by atoms with Crippen LogP contribution in [0.3, 0.4) is 0 Å². The second kappa shape index (κ2) is 7.39. The summed E-state index contributed by atoms with van der Waals surface area (Å²) in [5.74, 6) is 0.106. The minimum absolute atomic E-state index is 0.0193. The number of aliphatic imine (C=N–C) groups is 1. The molecule has 2 rings (SSSR count). The van der Waals surface area contributed by atoms with Crippen molar-refractivity contribution in [3.63, 3.8) is 0 Å². The summed E-state index contributed by atoms with van der Waals surface area (Å²) >= 11 is -0.286. The van der Waals surface area contributed by atoms with Crippen LogP contribution < -0.4 is 0 Å². The Kier molecular flexibility index (Phi) is 5.81. The molecule has 0 aliphatic heterocycles. The average Bonchev–Trinajstić information content (AvgIpc) is 2.86. The van der Waals surface area contributed by atoms with Crippen LogP contribution in [0.15, 0.2) is 33.1 Å². The molecular weight excluding hydrogens is 389 g/mol. The second-order valence-electron chi connectivity index (χ2n) is 5.18. The normalized spacial score (nSPS) is 14.3. The largest absolute Gasteiger partial charge is 0.446 e. The molecule has 0 N–H and O–H groups in total. The lowest BCUT2D eigenvalue weighted by molar-refractivity contribution is -0.0328. The van der Waals surface area contributed by atoms with E-state index in [0.717, 1.165) is 6.20 Å². The summed E-state index contributed by atoms with van der Waals surface area (Å²) in [5.41, 5.74) is -3.74. The number of imidazole rings is 1. The number of hydrogen-bond acceptors (Lipinski definition) is 6. The van der Waals surface area contributed by atoms with Crippen molar-refractivity contribution in [3.8, 4) is 0 Å². The fourth-order valence-corrected chi connectivity index (χ4v) is 4.09. The van der Waals surface area contributed by atoms with Crippen molar-refractivity contribution >= 4 is 38.5 Å². The van der Waals surface area contributed by atoms with E-state index in [1.807, 2.05) is 0 Å². The summed E-state index contributed by atoms with van der Waals surface area (Å²) in [6, 6.07) is 1.26. The summed E-state index contributed by atoms with van der Waals surface area (Å²) < 4.78 is 63.8. The number of fused-ring (bicyclic) bond motifs is 1. The molecule has 0 amide bonds. The predicted octanol–water partition coefficient (Wildman–Crippen LogP) is 3.34. The number of aryl methyl sites for hydroxylation is 1. The summed E-state index contributed by atoms with van der Waals surface area (Å²) in [5, 5.41) is 0. The Morgan fingerprint density at radius 1 is 1.42 bits per heavy atom. The van der Waals surface area contributed by atoms with E-state index >= 15 is 0 Å². The monoisotopic (exact) mass is 406 g/mol. The number of aromatic nitrogens is 3. The van der Waals surface area contributed by atoms with Crippen LogP contribution in [0.25, 0.3) is 11.2 Å². The molecule has 0 aromatic carbocycles. The number of hydrogen-bond donors (Lipinski definition) is 0. The van der Waals surface area contributed by atoms with Crippen molar-refractivity contribution < 1.29 is 21.6 Å². The SMILES string of the molecule is C/C=C(\C(=NC)c1nc2cc(SC(F)(F)F)cnc2n1C)S(=O)(=O)CC. The van der Waals surface area contributed by atoms with Gasteiger partial charge in [0.1, 0.15) is 11.2 Å². The maximum Gasteiger partial charge on any atom is 0.446 e. The van der Waals surface area contributed by atoms with E-state index in [2.05, 4.69) is 15.0 Å². The summed E-state index contributed by atoms with van der Waals surface area (Å²) in [6.45, 7) is 3.09. The van der Waals surface area contributed by atoms with Gasteiger partial charge in [-0.15, -0.1) is 0 Å². The van der Waals surface area contributed by atoms with Gasteiger partial charge in [-0.25, -0.2) is 18.4 Å². The molecule has 26 heavy (non-hydrogen) atoms. The molecule has 0 aliphatic rings. The van der Waals surface area contributed by atoms with Crippen molar-refractivity contribution in [2.75, 3.05) is 12.8 Å². The maximum atomic E-state index is 12.5. The first kappa shape index (κ1) is 20.4. The van der Waals surface area contributed by atoms with Gasteiger partial charge in [-0.3, -0.25) is 4.99 Å². The van der Waals surface area contributed by atoms with Gasteiger partial charge < -0.3 is 4.57 Å². The average molecular weight is 406 g/mol. The lowest BCUT2D eigenvalue weighted by Gasteiger charge is -2.10. The number of nitrogens with zero attached hydrogens (tertiary/aromatic N) is 4. The van der Waals surface area contributed by atoms with Gasteiger partial charge in [0, 0.05) is 25.2 Å². The van der Waals surface area contributed by atoms with Crippen LogP contribution in [0.2, 0.25) is 0 Å². The van der Waals surface area contributed by atoms with Gasteiger partial charge in [-0.1, -0.05) is 13.0 Å². The van der Waals surface area contributed by atoms with Crippen molar-refractivity contribution in [3.05, 3.63) is 29.1 Å². The molecule has 0 bridgehead atoms. The van der Waals surface area contributed by atoms with E-state index in [9.17, 15) is 21.6 Å². The molecule has 0 fully saturated rings. The Balaban J connectivity index is 2.60. The molecule has 0 saturated carbocycles. The number of sulfone groups is 1. The van der Waals surface area contributed by atoms with Crippen LogP contribution in [0.4, 0.5) is 13.2 Å². The van der Waals surface area contributed by atoms with Crippen molar-refractivity contribution in [2.45, 2.75) is 24.3 Å². The molecule has 2 aromatic heterocycles. The molecule has 0 saturated heterocycles. The van der Waals surface area contributed by atoms with E-state index in [0.29, 0.717) is 5.65 Å². The fraction of sp³-hybridized carbons (Fsp3) is 0.400. The summed E-state index contributed by atoms with van der Waals surface area (Å²) in [7, 11) is -0.518. The van der Waals surface area contributed by atoms with Crippen molar-refractivity contribution in [1.82, 2.24) is 14.5 Å². The third-order valence-electron chi connectivity index (χ3n) is 3.56. The Bertz CT molecular complexity index is 992. The highest BCUT2D eigenvalue weighted by Gasteiger charge is 2.30. The number of halogens is 3. The lowest BCUT2D eigenvalue weighted by Crippen LogP contribution is -2.19. The van der Waals surface area contributed by atoms with Crippen molar-refractivity contribution in [2.24, 2.45) is 12.0 Å². The molecule has 2 aromatic rings. The predicted molar refractivity (Wildman–Crippen MR) is 96.1 cm³/mol. The topological polar surface area (TPSA) is 77.2 Å². The maximum absolute atomic E-state index is 12.5. The smallest absolute Gasteiger partial charge is 0.310 e. The molecule has 142 valence electrons. The van der Waals surface area contributed by atoms with Gasteiger partial charge in [0.25, 0.3) is 0 Å². The van der Waals surface area contributed by atoms with E-state index in [1.165, 1.54) is 30.7 Å². The zero-order valence-electron chi connectivity index (χ0n) is 14.5. The number of pyridine rings is 1. The third-order valence-corrected chi connectivity index (χ3v) is 6.11. The highest BCUT2D eigenvalue weighted by atomic mass is 32.2. The first-order valence-electron chi connectivity index (χ1n) is 7.48. The van der Waals surface area contributed by atoms with Crippen molar-refractivity contribution in [1.29, 1.82) is 0 Å². The molecular formula is C15H17F3N4O2S2. The van der Waals surface area contributed by atoms with E-state index < -0.39 is 15.3 Å². The molecule has 6 nitrogen and oxygen atoms in total. The van der Waals surface area contributed by atoms with E-state index in [-0.39, 0.29) is 44.4 Å². The standard InChI is InChI=1S/C15H17F3N4O2S2/c1-5-11(26(23,24)6-2)12(19-3)14-21-10-7-9(25-15(16,17)18)8-20-13(10)22(14)4/h5,7-8H,6H2,1-4H3/b11-5+,19-12?. The number of thioether (sulfide) groups is 1. The van der Waals surface area contributed by atoms with Gasteiger partial charge in [0.2, 0.25) is 0 Å². The minimum atomic E-state index is -4.43. The third kappa shape index (κ3) is 4.09. The molecule has 0 atom stereocenters. The minimum Gasteiger partial charge on any atom is -0.310 e. The number of rotatable bonds is 5. The quantitative estimate of drug-likeness (QED) is 0.562. The molecule has 2 heterocycles. The van der Waals surface area contributed by atoms with Crippen LogP contribution in [-0.2, 0) is 16.9 Å². The molecule has 0 spiro atoms. The van der Waals surface area contributed by atoms with Crippen LogP contribution >= 0.6 is 11.8 Å². The molecule has 11 heteroatoms. The van der Waals surface area contributed by atoms with Crippen LogP contribution in [0.5, 0.6) is 0 Å². The zero-order valence-corrected chi connectivity index (χ0v) is 16.1. The molecule has 0 aliphatic carbocycles. The Hall–Kier alpha value is -1.88. The van der Waals surface area contributed by atoms with Gasteiger partial charge in [-0.2, -0.15) is 13.2 Å². The van der Waals surface area contributed by atoms with E-state index in [1.54, 1.807) is 14.0 Å². The van der Waals surface area contributed by atoms with Gasteiger partial charge in [0.15, 0.2) is 21.3 Å². The van der Waals surface area contributed by atoms with Gasteiger partial charge >= 0.3 is 5.51 Å². The molecule has 0 unspecified atom stereocenters. The summed E-state index contributed by atoms with van der Waals surface area (Å²) in [4.78, 5) is 12.3. The second-order valence-corrected chi connectivity index (χ2v) is 8.57. The Labute approximate surface area is 153 Å². The fourth-order valence-electron chi connectivity index (χ4n) is 2.40. The first-order chi connectivity index (χ1) is 12.0. The van der Waals surface area contributed by atoms with E-state index in [4.69, 9.17) is 0 Å². The highest BCUT2D eigenvalue weighted by molar-refractivity contribution is 8.00. The van der Waals surface area contributed by atoms with Gasteiger partial charge in [-0.05, 0) is 24.8 Å². The lowest BCUT2D eigenvalue weighted by atomic mass is 10.3. The molecule has 0 radical (unpaired) electrons. The van der Waals surface area contributed by atoms with Gasteiger partial charge in [0.05, 0.1) is 10.7 Å². The Morgan fingerprint density at radius 3 is 2.58 bits per heavy atom. The van der Waals surface area contributed by atoms with Crippen LogP contribution in [-0.4, -0.2) is 47.0 Å². The summed E-state index contributed by atoms with van der Waals surface area (Å²) in [6.07, 6.45) is 2.53. The zero-order chi connectivity index (χ0) is 19.7. The highest BCUT2D eigenvalue weighted by Crippen LogP contribution is 2.37. The number of alkyl halides is 3. The van der Waals surface area contributed by atoms with Crippen LogP contribution in [0, 0.1) is 0 Å².